The van der Waals surface area contributed by atoms with E-state index in [4.69, 9.17) is 37.3 Å². The highest BCUT2D eigenvalue weighted by Gasteiger charge is 2.20. The van der Waals surface area contributed by atoms with Gasteiger partial charge in [0.25, 0.3) is 0 Å². The van der Waals surface area contributed by atoms with Gasteiger partial charge in [0.1, 0.15) is 11.2 Å². The van der Waals surface area contributed by atoms with E-state index in [1.165, 1.54) is 0 Å². The highest BCUT2D eigenvalue weighted by Crippen LogP contribution is 2.42. The largest absolute Gasteiger partial charge is 0.456 e. The lowest BCUT2D eigenvalue weighted by Gasteiger charge is -2.26. The van der Waals surface area contributed by atoms with Crippen molar-refractivity contribution in [2.45, 2.75) is 0 Å². The van der Waals surface area contributed by atoms with Crippen molar-refractivity contribution >= 4 is 39.0 Å². The Hall–Kier alpha value is -8.41. The molecule has 11 aromatic rings. The maximum atomic E-state index is 10.2. The number of aromatic nitrogens is 3. The number of fused-ring (bicyclic) bond motifs is 3. The first-order valence-corrected chi connectivity index (χ1v) is 17.7. The van der Waals surface area contributed by atoms with Gasteiger partial charge in [-0.1, -0.05) is 175 Å². The zero-order chi connectivity index (χ0) is 74.3. The molecule has 5 heteroatoms. The first-order valence-electron chi connectivity index (χ1n) is 36.7. The summed E-state index contributed by atoms with van der Waals surface area (Å²) in [4.78, 5) is 13.2. The maximum absolute atomic E-state index is 10.2. The van der Waals surface area contributed by atoms with Gasteiger partial charge in [-0.3, -0.25) is 0 Å². The Bertz CT molecular complexity index is 5190. The number of nitrogens with zero attached hydrogens (tertiary/aromatic N) is 4. The van der Waals surface area contributed by atoms with Crippen molar-refractivity contribution in [3.63, 3.8) is 0 Å². The molecular weight excluding hydrogens is 757 g/mol. The zero-order valence-electron chi connectivity index (χ0n) is 68.7. The van der Waals surface area contributed by atoms with E-state index in [1.807, 2.05) is 0 Å². The molecule has 11 rings (SSSR count). The first-order chi connectivity index (χ1) is 46.5. The van der Waals surface area contributed by atoms with Gasteiger partial charge in [-0.25, -0.2) is 15.0 Å². The fourth-order valence-corrected chi connectivity index (χ4v) is 5.92. The SMILES string of the molecule is [2H]c1c([2H])c([2H])c(-c2nc(-c3c([2H])c([2H])c([2H])c([2H])c3[2H])nc(-c3c([2H])c(-c4c([2H])c([2H])c(N(c5c([2H])c([2H])c(-c6c([2H])c([2H])c([2H])c([2H])c6[2H])c([2H])c5[2H])c5c([2H])c([2H])c(-c6c([2H])c([2H])c([2H])c([2H])c6[2H])c([2H])c5[2H])c([2H])c4[2H])c([2H])c4oc5c([2H])c([2H])c([2H])c([2H])c5c34)n2)c([2H])c1[2H]. The average Bonchev–Trinajstić information content (AvgIpc) is 1.39. The third-order valence-electron chi connectivity index (χ3n) is 8.64. The van der Waals surface area contributed by atoms with Crippen LogP contribution in [0.4, 0.5) is 17.1 Å². The third-order valence-corrected chi connectivity index (χ3v) is 8.64. The lowest BCUT2D eigenvalue weighted by molar-refractivity contribution is 0.669. The van der Waals surface area contributed by atoms with Crippen LogP contribution >= 0.6 is 0 Å². The van der Waals surface area contributed by atoms with Crippen LogP contribution in [0.3, 0.4) is 0 Å². The van der Waals surface area contributed by atoms with Crippen LogP contribution in [-0.4, -0.2) is 15.0 Å². The molecule has 0 bridgehead atoms. The molecule has 2 heterocycles. The molecule has 0 aliphatic heterocycles. The fourth-order valence-electron chi connectivity index (χ4n) is 5.92. The molecule has 0 unspecified atom stereocenters. The normalized spacial score (nSPS) is 19.8. The van der Waals surface area contributed by atoms with Gasteiger partial charge >= 0.3 is 0 Å². The number of hydrogen-bond acceptors (Lipinski definition) is 5. The van der Waals surface area contributed by atoms with E-state index >= 15 is 0 Å². The Kier molecular flexibility index (Phi) is 3.70. The summed E-state index contributed by atoms with van der Waals surface area (Å²) in [6.07, 6.45) is 0. The van der Waals surface area contributed by atoms with E-state index in [1.54, 1.807) is 0 Å². The second-order valence-electron chi connectivity index (χ2n) is 12.3. The molecule has 0 aliphatic rings. The van der Waals surface area contributed by atoms with Gasteiger partial charge in [0.15, 0.2) is 17.5 Å². The molecule has 0 amide bonds. The summed E-state index contributed by atoms with van der Waals surface area (Å²) in [5.74, 6) is -2.93. The number of para-hydroxylation sites is 1. The van der Waals surface area contributed by atoms with Gasteiger partial charge in [-0.15, -0.1) is 0 Å². The number of rotatable bonds is 9. The Balaban J connectivity index is 1.31. The average molecular weight is 833 g/mol. The van der Waals surface area contributed by atoms with Gasteiger partial charge in [0.05, 0.1) is 52.1 Å². The molecule has 5 nitrogen and oxygen atoms in total. The fraction of sp³-hybridized carbons (Fsp3) is 0. The topological polar surface area (TPSA) is 55.1 Å². The van der Waals surface area contributed by atoms with E-state index in [9.17, 15) is 19.2 Å². The van der Waals surface area contributed by atoms with Gasteiger partial charge in [0, 0.05) is 44.5 Å². The van der Waals surface area contributed by atoms with Crippen LogP contribution in [0.2, 0.25) is 0 Å². The van der Waals surface area contributed by atoms with Gasteiger partial charge in [-0.05, 0) is 87.8 Å². The predicted molar refractivity (Wildman–Crippen MR) is 254 cm³/mol. The van der Waals surface area contributed by atoms with Crippen molar-refractivity contribution in [2.24, 2.45) is 0 Å². The lowest BCUT2D eigenvalue weighted by atomic mass is 9.97. The van der Waals surface area contributed by atoms with Crippen molar-refractivity contribution in [3.05, 3.63) is 230 Å². The molecule has 0 N–H and O–H groups in total. The standard InChI is InChI=1S/C57H38N4O/c1-5-15-39(16-6-1)41-25-31-47(32-26-41)61(48-33-27-42(28-34-48)40-17-7-2-8-18-40)49-35-29-43(30-36-49)46-37-51(54-50-23-13-14-24-52(50)62-53(54)38-46)57-59-55(44-19-9-3-10-20-44)58-56(60-57)45-21-11-4-12-22-45/h1-38H/i1D,2D,3D,4D,5D,6D,7D,8D,9D,10D,11D,12D,13D,14D,15D,16D,17D,18D,19D,20D,21D,22D,23D,24D,25D,26D,27D,28D,29D,30D,31D,32D,33D,34D,35D,36D,37D,38D. The van der Waals surface area contributed by atoms with Crippen LogP contribution in [0.5, 0.6) is 0 Å². The summed E-state index contributed by atoms with van der Waals surface area (Å²) in [5.41, 5.74) is -14.1. The molecule has 0 atom stereocenters. The smallest absolute Gasteiger partial charge is 0.164 e. The van der Waals surface area contributed by atoms with Crippen LogP contribution in [0, 0.1) is 0 Å². The second-order valence-corrected chi connectivity index (χ2v) is 12.3. The zero-order valence-corrected chi connectivity index (χ0v) is 30.7. The Morgan fingerprint density at radius 1 is 0.323 bits per heavy atom. The van der Waals surface area contributed by atoms with Crippen LogP contribution in [0.25, 0.3) is 89.5 Å². The summed E-state index contributed by atoms with van der Waals surface area (Å²) in [6.45, 7) is 0. The van der Waals surface area contributed by atoms with Gasteiger partial charge in [-0.2, -0.15) is 0 Å². The number of anilines is 3. The van der Waals surface area contributed by atoms with Crippen LogP contribution in [0.1, 0.15) is 52.1 Å². The van der Waals surface area contributed by atoms with Gasteiger partial charge < -0.3 is 9.32 Å². The summed E-state index contributed by atoms with van der Waals surface area (Å²) in [5, 5.41) is -1.35. The van der Waals surface area contributed by atoms with Crippen molar-refractivity contribution in [1.82, 2.24) is 15.0 Å². The van der Waals surface area contributed by atoms with Gasteiger partial charge in [0.2, 0.25) is 0 Å². The third kappa shape index (κ3) is 7.08. The summed E-state index contributed by atoms with van der Waals surface area (Å²) >= 11 is 0. The molecule has 0 aliphatic carbocycles. The molecule has 0 saturated heterocycles. The molecule has 62 heavy (non-hydrogen) atoms. The molecule has 0 spiro atoms. The van der Waals surface area contributed by atoms with E-state index in [2.05, 4.69) is 15.0 Å². The van der Waals surface area contributed by atoms with Crippen LogP contribution < -0.4 is 4.90 Å². The Morgan fingerprint density at radius 2 is 0.694 bits per heavy atom. The monoisotopic (exact) mass is 833 g/mol. The van der Waals surface area contributed by atoms with E-state index in [0.717, 1.165) is 0 Å². The number of furan rings is 1. The van der Waals surface area contributed by atoms with Crippen LogP contribution in [-0.2, 0) is 0 Å². The summed E-state index contributed by atoms with van der Waals surface area (Å²) < 4.78 is 347. The van der Waals surface area contributed by atoms with E-state index in [-0.39, 0.29) is 4.90 Å². The molecule has 0 fully saturated rings. The molecule has 9 aromatic carbocycles. The minimum absolute atomic E-state index is 0.203. The van der Waals surface area contributed by atoms with Crippen LogP contribution in [0.15, 0.2) is 234 Å². The Morgan fingerprint density at radius 3 is 1.16 bits per heavy atom. The molecule has 0 saturated carbocycles. The maximum Gasteiger partial charge on any atom is 0.164 e. The Labute approximate surface area is 413 Å². The molecular formula is C57H38N4O. The van der Waals surface area contributed by atoms with E-state index in [0.29, 0.717) is 0 Å². The minimum atomic E-state index is -1.45. The quantitative estimate of drug-likeness (QED) is 0.145. The molecule has 0 radical (unpaired) electrons. The first kappa shape index (κ1) is 14.4. The summed E-state index contributed by atoms with van der Waals surface area (Å²) in [7, 11) is 0. The molecule has 292 valence electrons. The second kappa shape index (κ2) is 16.0. The lowest BCUT2D eigenvalue weighted by Crippen LogP contribution is -2.09. The highest BCUT2D eigenvalue weighted by molar-refractivity contribution is 6.13. The molecule has 2 aromatic heterocycles. The highest BCUT2D eigenvalue weighted by atomic mass is 16.3. The number of hydrogen-bond donors (Lipinski definition) is 0. The summed E-state index contributed by atoms with van der Waals surface area (Å²) in [6, 6.07) is -42.3. The van der Waals surface area contributed by atoms with Crippen molar-refractivity contribution < 1.29 is 56.5 Å². The van der Waals surface area contributed by atoms with E-state index < -0.39 is 336 Å². The predicted octanol–water partition coefficient (Wildman–Crippen LogP) is 15.2. The minimum Gasteiger partial charge on any atom is -0.456 e. The van der Waals surface area contributed by atoms with Crippen molar-refractivity contribution in [2.75, 3.05) is 4.90 Å². The van der Waals surface area contributed by atoms with Crippen molar-refractivity contribution in [1.29, 1.82) is 0 Å². The van der Waals surface area contributed by atoms with Crippen molar-refractivity contribution in [3.8, 4) is 67.5 Å². The number of benzene rings is 9.